The number of hydrogen-bond donors (Lipinski definition) is 2. The lowest BCUT2D eigenvalue weighted by Crippen LogP contribution is -2.28. The first kappa shape index (κ1) is 12.8. The van der Waals surface area contributed by atoms with Gasteiger partial charge in [-0.15, -0.1) is 5.10 Å². The van der Waals surface area contributed by atoms with Crippen LogP contribution in [0, 0.1) is 19.3 Å². The van der Waals surface area contributed by atoms with E-state index in [1.807, 2.05) is 13.8 Å². The first-order valence-electron chi connectivity index (χ1n) is 6.00. The molecule has 1 aliphatic heterocycles. The van der Waals surface area contributed by atoms with E-state index in [0.717, 1.165) is 30.8 Å². The third-order valence-corrected chi connectivity index (χ3v) is 3.48. The van der Waals surface area contributed by atoms with E-state index >= 15 is 0 Å². The maximum Gasteiger partial charge on any atom is 0.162 e. The molecular formula is C12H19N5O. The minimum Gasteiger partial charge on any atom is -0.384 e. The van der Waals surface area contributed by atoms with Gasteiger partial charge >= 0.3 is 0 Å². The number of nitrogens with one attached hydrogen (secondary N) is 1. The van der Waals surface area contributed by atoms with E-state index in [1.165, 1.54) is 0 Å². The summed E-state index contributed by atoms with van der Waals surface area (Å²) in [7, 11) is 1.71. The molecule has 1 atom stereocenters. The van der Waals surface area contributed by atoms with Crippen molar-refractivity contribution in [1.82, 2.24) is 10.2 Å². The second-order valence-corrected chi connectivity index (χ2v) is 4.62. The van der Waals surface area contributed by atoms with E-state index in [4.69, 9.17) is 15.9 Å². The van der Waals surface area contributed by atoms with E-state index in [-0.39, 0.29) is 11.9 Å². The Hall–Kier alpha value is -1.69. The van der Waals surface area contributed by atoms with Crippen molar-refractivity contribution in [2.75, 3.05) is 25.1 Å². The molecular weight excluding hydrogens is 230 g/mol. The lowest BCUT2D eigenvalue weighted by molar-refractivity contribution is 0.121. The summed E-state index contributed by atoms with van der Waals surface area (Å²) in [6, 6.07) is 0. The highest BCUT2D eigenvalue weighted by Gasteiger charge is 2.27. The number of nitrogen functional groups attached to an aromatic ring is 1. The van der Waals surface area contributed by atoms with Crippen LogP contribution in [0.2, 0.25) is 0 Å². The summed E-state index contributed by atoms with van der Waals surface area (Å²) in [4.78, 5) is 2.09. The number of aromatic nitrogens is 2. The van der Waals surface area contributed by atoms with Gasteiger partial charge in [-0.05, 0) is 25.8 Å². The fourth-order valence-electron chi connectivity index (χ4n) is 2.25. The number of ether oxygens (including phenoxy) is 1. The van der Waals surface area contributed by atoms with Gasteiger partial charge in [0, 0.05) is 20.2 Å². The van der Waals surface area contributed by atoms with Gasteiger partial charge in [-0.2, -0.15) is 5.10 Å². The van der Waals surface area contributed by atoms with Crippen LogP contribution in [-0.2, 0) is 4.74 Å². The summed E-state index contributed by atoms with van der Waals surface area (Å²) in [5.74, 6) is 0.742. The Morgan fingerprint density at radius 1 is 1.44 bits per heavy atom. The SMILES string of the molecule is COC1CCN(c2nnc(C)c(C)c2C(=N)N)C1. The molecule has 0 spiro atoms. The summed E-state index contributed by atoms with van der Waals surface area (Å²) in [6.07, 6.45) is 1.18. The molecule has 98 valence electrons. The fraction of sp³-hybridized carbons (Fsp3) is 0.583. The Kier molecular flexibility index (Phi) is 3.47. The van der Waals surface area contributed by atoms with Crippen LogP contribution in [0.1, 0.15) is 23.2 Å². The molecule has 6 nitrogen and oxygen atoms in total. The van der Waals surface area contributed by atoms with E-state index < -0.39 is 0 Å². The van der Waals surface area contributed by atoms with Gasteiger partial charge in [0.25, 0.3) is 0 Å². The number of nitrogens with zero attached hydrogens (tertiary/aromatic N) is 3. The molecule has 0 bridgehead atoms. The third kappa shape index (κ3) is 2.15. The van der Waals surface area contributed by atoms with Crippen LogP contribution in [0.4, 0.5) is 5.82 Å². The lowest BCUT2D eigenvalue weighted by atomic mass is 10.1. The van der Waals surface area contributed by atoms with Crippen LogP contribution in [0.25, 0.3) is 0 Å². The Balaban J connectivity index is 2.39. The topological polar surface area (TPSA) is 88.1 Å². The molecule has 6 heteroatoms. The van der Waals surface area contributed by atoms with E-state index in [1.54, 1.807) is 7.11 Å². The summed E-state index contributed by atoms with van der Waals surface area (Å²) in [5.41, 5.74) is 8.11. The molecule has 0 radical (unpaired) electrons. The van der Waals surface area contributed by atoms with Crippen LogP contribution in [0.3, 0.4) is 0 Å². The molecule has 1 aromatic heterocycles. The molecule has 0 saturated carbocycles. The number of methoxy groups -OCH3 is 1. The molecule has 2 rings (SSSR count). The van der Waals surface area contributed by atoms with Crippen molar-refractivity contribution >= 4 is 11.7 Å². The van der Waals surface area contributed by atoms with Crippen molar-refractivity contribution < 1.29 is 4.74 Å². The molecule has 2 heterocycles. The van der Waals surface area contributed by atoms with E-state index in [9.17, 15) is 0 Å². The molecule has 0 amide bonds. The van der Waals surface area contributed by atoms with Crippen molar-refractivity contribution in [3.8, 4) is 0 Å². The number of aryl methyl sites for hydroxylation is 1. The molecule has 1 aliphatic rings. The van der Waals surface area contributed by atoms with Gasteiger partial charge in [-0.1, -0.05) is 0 Å². The van der Waals surface area contributed by atoms with Gasteiger partial charge in [0.15, 0.2) is 5.82 Å². The zero-order valence-electron chi connectivity index (χ0n) is 11.0. The maximum atomic E-state index is 7.72. The molecule has 1 unspecified atom stereocenters. The first-order chi connectivity index (χ1) is 8.54. The van der Waals surface area contributed by atoms with Crippen LogP contribution in [0.15, 0.2) is 0 Å². The van der Waals surface area contributed by atoms with Crippen molar-refractivity contribution in [2.45, 2.75) is 26.4 Å². The highest BCUT2D eigenvalue weighted by atomic mass is 16.5. The molecule has 18 heavy (non-hydrogen) atoms. The average molecular weight is 249 g/mol. The largest absolute Gasteiger partial charge is 0.384 e. The molecule has 1 fully saturated rings. The third-order valence-electron chi connectivity index (χ3n) is 3.48. The van der Waals surface area contributed by atoms with Crippen LogP contribution in [-0.4, -0.2) is 42.3 Å². The van der Waals surface area contributed by atoms with Crippen molar-refractivity contribution in [2.24, 2.45) is 5.73 Å². The minimum absolute atomic E-state index is 0.0429. The normalized spacial score (nSPS) is 19.3. The molecule has 1 aromatic rings. The van der Waals surface area contributed by atoms with Gasteiger partial charge < -0.3 is 15.4 Å². The van der Waals surface area contributed by atoms with Crippen LogP contribution >= 0.6 is 0 Å². The van der Waals surface area contributed by atoms with Gasteiger partial charge in [0.2, 0.25) is 0 Å². The van der Waals surface area contributed by atoms with Crippen molar-refractivity contribution in [3.63, 3.8) is 0 Å². The summed E-state index contributed by atoms with van der Waals surface area (Å²) < 4.78 is 5.34. The average Bonchev–Trinajstić information content (AvgIpc) is 2.80. The number of anilines is 1. The van der Waals surface area contributed by atoms with Crippen LogP contribution in [0.5, 0.6) is 0 Å². The van der Waals surface area contributed by atoms with Crippen LogP contribution < -0.4 is 10.6 Å². The molecule has 3 N–H and O–H groups in total. The van der Waals surface area contributed by atoms with Crippen molar-refractivity contribution in [3.05, 3.63) is 16.8 Å². The maximum absolute atomic E-state index is 7.72. The Bertz CT molecular complexity index is 474. The van der Waals surface area contributed by atoms with Crippen molar-refractivity contribution in [1.29, 1.82) is 5.41 Å². The predicted octanol–water partition coefficient (Wildman–Crippen LogP) is 0.603. The summed E-state index contributed by atoms with van der Waals surface area (Å²) >= 11 is 0. The Morgan fingerprint density at radius 3 is 2.72 bits per heavy atom. The van der Waals surface area contributed by atoms with E-state index in [0.29, 0.717) is 11.4 Å². The number of amidine groups is 1. The monoisotopic (exact) mass is 249 g/mol. The highest BCUT2D eigenvalue weighted by Crippen LogP contribution is 2.25. The Morgan fingerprint density at radius 2 is 2.17 bits per heavy atom. The number of nitrogens with two attached hydrogens (primary N) is 1. The lowest BCUT2D eigenvalue weighted by Gasteiger charge is -2.21. The summed E-state index contributed by atoms with van der Waals surface area (Å²) in [6.45, 7) is 5.43. The standard InChI is InChI=1S/C12H19N5O/c1-7-8(2)15-16-12(10(7)11(13)14)17-5-4-9(6-17)18-3/h9H,4-6H2,1-3H3,(H3,13,14). The molecule has 1 saturated heterocycles. The first-order valence-corrected chi connectivity index (χ1v) is 6.00. The smallest absolute Gasteiger partial charge is 0.162 e. The highest BCUT2D eigenvalue weighted by molar-refractivity contribution is 6.01. The summed E-state index contributed by atoms with van der Waals surface area (Å²) in [5, 5.41) is 16.1. The second-order valence-electron chi connectivity index (χ2n) is 4.62. The van der Waals surface area contributed by atoms with Gasteiger partial charge in [-0.25, -0.2) is 0 Å². The van der Waals surface area contributed by atoms with E-state index in [2.05, 4.69) is 15.1 Å². The van der Waals surface area contributed by atoms with Gasteiger partial charge in [0.1, 0.15) is 5.84 Å². The number of rotatable bonds is 3. The fourth-order valence-corrected chi connectivity index (χ4v) is 2.25. The van der Waals surface area contributed by atoms with Gasteiger partial charge in [0.05, 0.1) is 17.4 Å². The van der Waals surface area contributed by atoms with Gasteiger partial charge in [-0.3, -0.25) is 5.41 Å². The predicted molar refractivity (Wildman–Crippen MR) is 70.1 cm³/mol. The minimum atomic E-state index is 0.0429. The Labute approximate surface area is 107 Å². The zero-order chi connectivity index (χ0) is 13.3. The molecule has 0 aromatic carbocycles. The quantitative estimate of drug-likeness (QED) is 0.605. The zero-order valence-corrected chi connectivity index (χ0v) is 11.0. The second kappa shape index (κ2) is 4.89. The molecule has 0 aliphatic carbocycles. The number of hydrogen-bond acceptors (Lipinski definition) is 5.